The van der Waals surface area contributed by atoms with Gasteiger partial charge in [0, 0.05) is 36.8 Å². The predicted octanol–water partition coefficient (Wildman–Crippen LogP) is 2.36. The first-order valence-corrected chi connectivity index (χ1v) is 6.17. The van der Waals surface area contributed by atoms with E-state index in [1.807, 2.05) is 0 Å². The van der Waals surface area contributed by atoms with Gasteiger partial charge >= 0.3 is 6.18 Å². The molecule has 1 aromatic rings. The molecule has 1 aromatic heterocycles. The lowest BCUT2D eigenvalue weighted by Gasteiger charge is -2.12. The molecule has 0 aliphatic carbocycles. The van der Waals surface area contributed by atoms with Crippen molar-refractivity contribution in [2.75, 3.05) is 13.1 Å². The summed E-state index contributed by atoms with van der Waals surface area (Å²) in [6.45, 7) is 4.13. The number of hydrogen-bond acceptors (Lipinski definition) is 4. The Morgan fingerprint density at radius 2 is 2.17 bits per heavy atom. The van der Waals surface area contributed by atoms with Gasteiger partial charge in [0.2, 0.25) is 0 Å². The van der Waals surface area contributed by atoms with E-state index in [0.29, 0.717) is 28.7 Å². The molecule has 2 unspecified atom stereocenters. The van der Waals surface area contributed by atoms with Crippen LogP contribution in [0.25, 0.3) is 0 Å². The van der Waals surface area contributed by atoms with E-state index in [9.17, 15) is 13.2 Å². The van der Waals surface area contributed by atoms with Crippen molar-refractivity contribution in [3.63, 3.8) is 0 Å². The summed E-state index contributed by atoms with van der Waals surface area (Å²) in [6, 6.07) is 0.116. The lowest BCUT2D eigenvalue weighted by atomic mass is 10.1. The van der Waals surface area contributed by atoms with Crippen molar-refractivity contribution in [1.29, 1.82) is 0 Å². The number of hydrogen-bond donors (Lipinski definition) is 1. The van der Waals surface area contributed by atoms with E-state index in [-0.39, 0.29) is 18.4 Å². The van der Waals surface area contributed by atoms with E-state index in [4.69, 9.17) is 5.73 Å². The number of rotatable bonds is 2. The first kappa shape index (κ1) is 15.7. The molecule has 2 heterocycles. The van der Waals surface area contributed by atoms with Crippen LogP contribution in [0.15, 0.2) is 6.20 Å². The highest BCUT2D eigenvalue weighted by Gasteiger charge is 2.35. The van der Waals surface area contributed by atoms with Gasteiger partial charge in [0.1, 0.15) is 0 Å². The summed E-state index contributed by atoms with van der Waals surface area (Å²) in [7, 11) is 0. The van der Waals surface area contributed by atoms with Crippen LogP contribution in [0.5, 0.6) is 0 Å². The maximum absolute atomic E-state index is 12.4. The SMILES string of the molecule is CC1CN(Cc2cnc(C(F)(F)F)s2)CC1N.Cl. The van der Waals surface area contributed by atoms with E-state index >= 15 is 0 Å². The van der Waals surface area contributed by atoms with Gasteiger partial charge < -0.3 is 5.73 Å². The van der Waals surface area contributed by atoms with E-state index in [1.54, 1.807) is 0 Å². The van der Waals surface area contributed by atoms with Crippen LogP contribution >= 0.6 is 23.7 Å². The van der Waals surface area contributed by atoms with Gasteiger partial charge in [0.15, 0.2) is 5.01 Å². The largest absolute Gasteiger partial charge is 0.443 e. The average Bonchev–Trinajstić information content (AvgIpc) is 2.75. The van der Waals surface area contributed by atoms with Crippen LogP contribution in [0.1, 0.15) is 16.8 Å². The van der Waals surface area contributed by atoms with Crippen LogP contribution in [0, 0.1) is 5.92 Å². The summed E-state index contributed by atoms with van der Waals surface area (Å²) in [5.41, 5.74) is 5.86. The van der Waals surface area contributed by atoms with Crippen molar-refractivity contribution in [1.82, 2.24) is 9.88 Å². The monoisotopic (exact) mass is 301 g/mol. The average molecular weight is 302 g/mol. The number of nitrogens with two attached hydrogens (primary N) is 1. The minimum Gasteiger partial charge on any atom is -0.326 e. The van der Waals surface area contributed by atoms with Gasteiger partial charge in [-0.2, -0.15) is 13.2 Å². The molecular formula is C10H15ClF3N3S. The zero-order valence-electron chi connectivity index (χ0n) is 9.78. The van der Waals surface area contributed by atoms with Crippen molar-refractivity contribution in [2.45, 2.75) is 25.7 Å². The molecular weight excluding hydrogens is 287 g/mol. The molecule has 1 aliphatic heterocycles. The molecule has 0 saturated carbocycles. The van der Waals surface area contributed by atoms with Crippen LogP contribution in [0.3, 0.4) is 0 Å². The minimum atomic E-state index is -4.34. The fourth-order valence-corrected chi connectivity index (χ4v) is 2.78. The summed E-state index contributed by atoms with van der Waals surface area (Å²) >= 11 is 0.711. The Morgan fingerprint density at radius 1 is 1.50 bits per heavy atom. The van der Waals surface area contributed by atoms with Gasteiger partial charge in [0.25, 0.3) is 0 Å². The molecule has 1 aliphatic rings. The second kappa shape index (κ2) is 5.73. The van der Waals surface area contributed by atoms with E-state index < -0.39 is 11.2 Å². The molecule has 0 spiro atoms. The fourth-order valence-electron chi connectivity index (χ4n) is 1.96. The maximum Gasteiger partial charge on any atom is 0.443 e. The smallest absolute Gasteiger partial charge is 0.326 e. The second-order valence-electron chi connectivity index (χ2n) is 4.46. The van der Waals surface area contributed by atoms with Crippen molar-refractivity contribution >= 4 is 23.7 Å². The number of halogens is 4. The van der Waals surface area contributed by atoms with Crippen molar-refractivity contribution in [2.24, 2.45) is 11.7 Å². The van der Waals surface area contributed by atoms with E-state index in [1.165, 1.54) is 6.20 Å². The van der Waals surface area contributed by atoms with E-state index in [0.717, 1.165) is 13.1 Å². The zero-order valence-corrected chi connectivity index (χ0v) is 11.4. The third kappa shape index (κ3) is 3.57. The molecule has 1 fully saturated rings. The Kier molecular flexibility index (Phi) is 4.99. The van der Waals surface area contributed by atoms with Crippen LogP contribution in [-0.4, -0.2) is 29.0 Å². The van der Waals surface area contributed by atoms with Crippen LogP contribution < -0.4 is 5.73 Å². The summed E-state index contributed by atoms with van der Waals surface area (Å²) in [5.74, 6) is 0.394. The highest BCUT2D eigenvalue weighted by atomic mass is 35.5. The summed E-state index contributed by atoms with van der Waals surface area (Å²) in [6.07, 6.45) is -3.03. The molecule has 2 rings (SSSR count). The fraction of sp³-hybridized carbons (Fsp3) is 0.700. The Morgan fingerprint density at radius 3 is 2.61 bits per heavy atom. The Balaban J connectivity index is 0.00000162. The topological polar surface area (TPSA) is 42.2 Å². The first-order valence-electron chi connectivity index (χ1n) is 5.36. The second-order valence-corrected chi connectivity index (χ2v) is 5.58. The lowest BCUT2D eigenvalue weighted by molar-refractivity contribution is -0.137. The number of likely N-dealkylation sites (tertiary alicyclic amines) is 1. The molecule has 8 heteroatoms. The van der Waals surface area contributed by atoms with E-state index in [2.05, 4.69) is 16.8 Å². The summed E-state index contributed by atoms with van der Waals surface area (Å²) in [4.78, 5) is 6.11. The molecule has 2 atom stereocenters. The molecule has 104 valence electrons. The third-order valence-electron chi connectivity index (χ3n) is 2.92. The Labute approximate surface area is 114 Å². The molecule has 0 bridgehead atoms. The molecule has 1 saturated heterocycles. The molecule has 0 radical (unpaired) electrons. The van der Waals surface area contributed by atoms with Crippen LogP contribution in [-0.2, 0) is 12.7 Å². The Hall–Kier alpha value is -0.370. The van der Waals surface area contributed by atoms with Gasteiger partial charge in [-0.15, -0.1) is 23.7 Å². The highest BCUT2D eigenvalue weighted by molar-refractivity contribution is 7.11. The van der Waals surface area contributed by atoms with Crippen molar-refractivity contribution in [3.05, 3.63) is 16.1 Å². The molecule has 3 nitrogen and oxygen atoms in total. The molecule has 0 aromatic carbocycles. The quantitative estimate of drug-likeness (QED) is 0.912. The van der Waals surface area contributed by atoms with Crippen molar-refractivity contribution < 1.29 is 13.2 Å². The molecule has 18 heavy (non-hydrogen) atoms. The molecule has 2 N–H and O–H groups in total. The number of nitrogens with zero attached hydrogens (tertiary/aromatic N) is 2. The van der Waals surface area contributed by atoms with Gasteiger partial charge in [-0.1, -0.05) is 6.92 Å². The number of aromatic nitrogens is 1. The van der Waals surface area contributed by atoms with Gasteiger partial charge in [-0.3, -0.25) is 4.90 Å². The van der Waals surface area contributed by atoms with Crippen LogP contribution in [0.2, 0.25) is 0 Å². The molecule has 0 amide bonds. The first-order chi connectivity index (χ1) is 7.86. The Bertz CT molecular complexity index is 386. The van der Waals surface area contributed by atoms with Gasteiger partial charge in [-0.25, -0.2) is 4.98 Å². The van der Waals surface area contributed by atoms with Crippen LogP contribution in [0.4, 0.5) is 13.2 Å². The third-order valence-corrected chi connectivity index (χ3v) is 3.95. The number of thiazole rings is 1. The van der Waals surface area contributed by atoms with Gasteiger partial charge in [0.05, 0.1) is 0 Å². The highest BCUT2D eigenvalue weighted by Crippen LogP contribution is 2.33. The summed E-state index contributed by atoms with van der Waals surface area (Å²) in [5, 5.41) is -0.774. The van der Waals surface area contributed by atoms with Crippen molar-refractivity contribution in [3.8, 4) is 0 Å². The zero-order chi connectivity index (χ0) is 12.6. The standard InChI is InChI=1S/C10H14F3N3S.ClH/c1-6-3-16(5-8(6)14)4-7-2-15-9(17-7)10(11,12)13;/h2,6,8H,3-5,14H2,1H3;1H. The summed E-state index contributed by atoms with van der Waals surface area (Å²) < 4.78 is 37.1. The van der Waals surface area contributed by atoms with Gasteiger partial charge in [-0.05, 0) is 5.92 Å². The normalized spacial score (nSPS) is 25.2. The maximum atomic E-state index is 12.4. The predicted molar refractivity (Wildman–Crippen MR) is 66.8 cm³/mol. The number of alkyl halides is 3. The minimum absolute atomic E-state index is 0. The lowest BCUT2D eigenvalue weighted by Crippen LogP contribution is -2.28.